The number of hydrogen-bond acceptors (Lipinski definition) is 4. The molecule has 0 spiro atoms. The maximum absolute atomic E-state index is 12.5. The van der Waals surface area contributed by atoms with E-state index in [1.807, 2.05) is 31.2 Å². The zero-order valence-corrected chi connectivity index (χ0v) is 15.7. The molecule has 1 aromatic heterocycles. The molecule has 0 unspecified atom stereocenters. The molecule has 0 saturated heterocycles. The van der Waals surface area contributed by atoms with Crippen molar-refractivity contribution in [3.63, 3.8) is 0 Å². The smallest absolute Gasteiger partial charge is 0.277 e. The fraction of sp³-hybridized carbons (Fsp3) is 0.100. The number of nitrogens with zero attached hydrogens (tertiary/aromatic N) is 2. The Morgan fingerprint density at radius 3 is 2.61 bits per heavy atom. The van der Waals surface area contributed by atoms with Gasteiger partial charge in [-0.15, -0.1) is 0 Å². The first kappa shape index (κ1) is 17.9. The molecule has 0 saturated carbocycles. The van der Waals surface area contributed by atoms with Gasteiger partial charge in [-0.1, -0.05) is 35.9 Å². The molecule has 8 heteroatoms. The number of amides is 2. The molecule has 2 aromatic carbocycles. The van der Waals surface area contributed by atoms with Crippen LogP contribution in [0.4, 0.5) is 5.69 Å². The third-order valence-corrected chi connectivity index (χ3v) is 4.66. The van der Waals surface area contributed by atoms with E-state index in [1.54, 1.807) is 24.3 Å². The molecule has 28 heavy (non-hydrogen) atoms. The van der Waals surface area contributed by atoms with Crippen LogP contribution in [-0.2, 0) is 16.1 Å². The molecule has 0 fully saturated rings. The fourth-order valence-corrected chi connectivity index (χ4v) is 3.35. The molecule has 0 aliphatic carbocycles. The first-order chi connectivity index (χ1) is 13.4. The van der Waals surface area contributed by atoms with Gasteiger partial charge in [0.2, 0.25) is 16.9 Å². The van der Waals surface area contributed by atoms with Crippen LogP contribution >= 0.6 is 12.2 Å². The highest BCUT2D eigenvalue weighted by Crippen LogP contribution is 2.32. The number of aromatic nitrogens is 1. The summed E-state index contributed by atoms with van der Waals surface area (Å²) in [4.78, 5) is 28.7. The van der Waals surface area contributed by atoms with Gasteiger partial charge in [-0.3, -0.25) is 14.9 Å². The molecule has 0 bridgehead atoms. The van der Waals surface area contributed by atoms with E-state index >= 15 is 0 Å². The number of carbonyl (C=O) groups is 2. The van der Waals surface area contributed by atoms with Gasteiger partial charge in [-0.2, -0.15) is 0 Å². The van der Waals surface area contributed by atoms with E-state index in [0.717, 1.165) is 5.56 Å². The Bertz CT molecular complexity index is 1160. The average molecular weight is 392 g/mol. The lowest BCUT2D eigenvalue weighted by Crippen LogP contribution is -2.25. The van der Waals surface area contributed by atoms with Crippen molar-refractivity contribution in [1.82, 2.24) is 9.88 Å². The summed E-state index contributed by atoms with van der Waals surface area (Å²) >= 11 is 4.93. The fourth-order valence-electron chi connectivity index (χ4n) is 3.17. The van der Waals surface area contributed by atoms with Gasteiger partial charge in [0.15, 0.2) is 0 Å². The van der Waals surface area contributed by atoms with E-state index in [-0.39, 0.29) is 34.7 Å². The molecule has 140 valence electrons. The minimum atomic E-state index is -0.479. The zero-order chi connectivity index (χ0) is 19.8. The predicted octanol–water partition coefficient (Wildman–Crippen LogP) is 2.50. The molecular formula is C20H16N4O3S. The van der Waals surface area contributed by atoms with Gasteiger partial charge in [0.25, 0.3) is 5.91 Å². The molecule has 4 rings (SSSR count). The molecule has 0 radical (unpaired) electrons. The number of nitrogens with one attached hydrogen (secondary N) is 2. The number of fused-ring (bicyclic) bond motifs is 1. The van der Waals surface area contributed by atoms with Crippen molar-refractivity contribution < 1.29 is 14.7 Å². The summed E-state index contributed by atoms with van der Waals surface area (Å²) in [5.74, 6) is -0.994. The lowest BCUT2D eigenvalue weighted by atomic mass is 10.1. The molecule has 2 amide bonds. The standard InChI is InChI=1S/C20H16N4O3S/c1-11-6-8-12(9-7-11)21-15(25)10-24-14-5-3-2-4-13(14)16(19(24)27)17-18(26)23-20(28)22-17/h2-9,27H,10H2,1H3,(H,21,25)(H,23,26,28). The van der Waals surface area contributed by atoms with Gasteiger partial charge in [-0.25, -0.2) is 4.99 Å². The molecule has 1 aliphatic heterocycles. The molecule has 0 atom stereocenters. The van der Waals surface area contributed by atoms with Crippen LogP contribution in [0.5, 0.6) is 5.88 Å². The van der Waals surface area contributed by atoms with Crippen LogP contribution in [0.25, 0.3) is 10.9 Å². The van der Waals surface area contributed by atoms with E-state index in [4.69, 9.17) is 12.2 Å². The lowest BCUT2D eigenvalue weighted by Gasteiger charge is -2.09. The number of carbonyl (C=O) groups excluding carboxylic acids is 2. The summed E-state index contributed by atoms with van der Waals surface area (Å²) in [5.41, 5.74) is 2.66. The SMILES string of the molecule is Cc1ccc(NC(=O)Cn2c(O)c(C3=NC(=S)NC3=O)c3ccccc32)cc1. The van der Waals surface area contributed by atoms with Crippen LogP contribution in [0.3, 0.4) is 0 Å². The lowest BCUT2D eigenvalue weighted by molar-refractivity contribution is -0.116. The van der Waals surface area contributed by atoms with Gasteiger partial charge in [0, 0.05) is 11.1 Å². The maximum atomic E-state index is 12.5. The van der Waals surface area contributed by atoms with E-state index in [2.05, 4.69) is 15.6 Å². The monoisotopic (exact) mass is 392 g/mol. The van der Waals surface area contributed by atoms with E-state index < -0.39 is 5.91 Å². The summed E-state index contributed by atoms with van der Waals surface area (Å²) in [5, 5.41) is 16.7. The molecule has 3 aromatic rings. The van der Waals surface area contributed by atoms with E-state index in [9.17, 15) is 14.7 Å². The van der Waals surface area contributed by atoms with Crippen LogP contribution in [0, 0.1) is 6.92 Å². The van der Waals surface area contributed by atoms with Crippen LogP contribution in [-0.4, -0.2) is 32.3 Å². The minimum Gasteiger partial charge on any atom is -0.494 e. The van der Waals surface area contributed by atoms with Gasteiger partial charge >= 0.3 is 0 Å². The third kappa shape index (κ3) is 3.14. The summed E-state index contributed by atoms with van der Waals surface area (Å²) in [6, 6.07) is 14.5. The Morgan fingerprint density at radius 1 is 1.21 bits per heavy atom. The Kier molecular flexibility index (Phi) is 4.40. The van der Waals surface area contributed by atoms with Crippen molar-refractivity contribution >= 4 is 51.4 Å². The topological polar surface area (TPSA) is 95.7 Å². The number of aromatic hydroxyl groups is 1. The van der Waals surface area contributed by atoms with E-state index in [1.165, 1.54) is 4.57 Å². The number of aryl methyl sites for hydroxylation is 1. The van der Waals surface area contributed by atoms with Crippen LogP contribution in [0.1, 0.15) is 11.1 Å². The van der Waals surface area contributed by atoms with Gasteiger partial charge in [0.1, 0.15) is 12.3 Å². The number of hydrogen-bond donors (Lipinski definition) is 3. The summed E-state index contributed by atoms with van der Waals surface area (Å²) in [6.07, 6.45) is 0. The molecule has 1 aliphatic rings. The summed E-state index contributed by atoms with van der Waals surface area (Å²) < 4.78 is 1.45. The van der Waals surface area contributed by atoms with Crippen LogP contribution in [0.2, 0.25) is 0 Å². The number of aliphatic imine (C=N–C) groups is 1. The number of benzene rings is 2. The first-order valence-corrected chi connectivity index (χ1v) is 8.96. The molecule has 7 nitrogen and oxygen atoms in total. The van der Waals surface area contributed by atoms with Crippen molar-refractivity contribution in [2.45, 2.75) is 13.5 Å². The summed E-state index contributed by atoms with van der Waals surface area (Å²) in [6.45, 7) is 1.84. The van der Waals surface area contributed by atoms with Crippen molar-refractivity contribution in [3.8, 4) is 5.88 Å². The Morgan fingerprint density at radius 2 is 1.93 bits per heavy atom. The minimum absolute atomic E-state index is 0.0383. The van der Waals surface area contributed by atoms with Gasteiger partial charge in [0.05, 0.1) is 11.1 Å². The highest BCUT2D eigenvalue weighted by atomic mass is 32.1. The average Bonchev–Trinajstić information content (AvgIpc) is 3.13. The Hall–Kier alpha value is -3.52. The maximum Gasteiger partial charge on any atom is 0.277 e. The Labute approximate surface area is 165 Å². The number of para-hydroxylation sites is 1. The van der Waals surface area contributed by atoms with E-state index in [0.29, 0.717) is 16.6 Å². The zero-order valence-electron chi connectivity index (χ0n) is 14.9. The quantitative estimate of drug-likeness (QED) is 0.595. The molecule has 2 heterocycles. The normalized spacial score (nSPS) is 13.5. The van der Waals surface area contributed by atoms with Crippen molar-refractivity contribution in [2.24, 2.45) is 4.99 Å². The Balaban J connectivity index is 1.72. The third-order valence-electron chi connectivity index (χ3n) is 4.47. The summed E-state index contributed by atoms with van der Waals surface area (Å²) in [7, 11) is 0. The number of thiocarbonyl (C=S) groups is 1. The largest absolute Gasteiger partial charge is 0.494 e. The van der Waals surface area contributed by atoms with Crippen molar-refractivity contribution in [1.29, 1.82) is 0 Å². The van der Waals surface area contributed by atoms with Crippen molar-refractivity contribution in [2.75, 3.05) is 5.32 Å². The molecular weight excluding hydrogens is 376 g/mol. The van der Waals surface area contributed by atoms with Gasteiger partial charge < -0.3 is 15.0 Å². The first-order valence-electron chi connectivity index (χ1n) is 8.55. The number of anilines is 1. The number of rotatable bonds is 4. The highest BCUT2D eigenvalue weighted by molar-refractivity contribution is 7.80. The van der Waals surface area contributed by atoms with Gasteiger partial charge in [-0.05, 0) is 37.3 Å². The second kappa shape index (κ2) is 6.90. The second-order valence-electron chi connectivity index (χ2n) is 6.44. The highest BCUT2D eigenvalue weighted by Gasteiger charge is 2.30. The predicted molar refractivity (Wildman–Crippen MR) is 111 cm³/mol. The second-order valence-corrected chi connectivity index (χ2v) is 6.82. The molecule has 3 N–H and O–H groups in total. The van der Waals surface area contributed by atoms with Crippen LogP contribution in [0.15, 0.2) is 53.5 Å². The van der Waals surface area contributed by atoms with Crippen molar-refractivity contribution in [3.05, 3.63) is 59.7 Å². The van der Waals surface area contributed by atoms with Crippen LogP contribution < -0.4 is 10.6 Å².